The van der Waals surface area contributed by atoms with Crippen molar-refractivity contribution in [2.24, 2.45) is 0 Å². The van der Waals surface area contributed by atoms with Crippen molar-refractivity contribution in [2.45, 2.75) is 56.4 Å². The van der Waals surface area contributed by atoms with Crippen molar-refractivity contribution >= 4 is 5.82 Å². The van der Waals surface area contributed by atoms with Gasteiger partial charge >= 0.3 is 0 Å². The number of aromatic hydroxyl groups is 1. The van der Waals surface area contributed by atoms with E-state index in [2.05, 4.69) is 25.4 Å². The summed E-state index contributed by atoms with van der Waals surface area (Å²) in [6.07, 6.45) is 8.67. The first-order valence-corrected chi connectivity index (χ1v) is 10.9. The summed E-state index contributed by atoms with van der Waals surface area (Å²) in [7, 11) is 0. The van der Waals surface area contributed by atoms with Crippen LogP contribution in [0.2, 0.25) is 0 Å². The summed E-state index contributed by atoms with van der Waals surface area (Å²) in [5.74, 6) is 1.16. The van der Waals surface area contributed by atoms with Gasteiger partial charge in [-0.05, 0) is 44.2 Å². The number of benzene rings is 1. The van der Waals surface area contributed by atoms with Crippen LogP contribution in [0.4, 0.5) is 10.2 Å². The summed E-state index contributed by atoms with van der Waals surface area (Å²) in [4.78, 5) is 10.8. The second kappa shape index (κ2) is 7.26. The van der Waals surface area contributed by atoms with E-state index in [1.54, 1.807) is 24.7 Å². The molecule has 2 bridgehead atoms. The van der Waals surface area contributed by atoms with Crippen molar-refractivity contribution in [2.75, 3.05) is 11.4 Å². The molecule has 3 aliphatic heterocycles. The Balaban J connectivity index is 1.31. The minimum atomic E-state index is -0.911. The number of anilines is 1. The number of hydrogen-bond acceptors (Lipinski definition) is 7. The van der Waals surface area contributed by atoms with Gasteiger partial charge in [-0.25, -0.2) is 14.4 Å². The maximum Gasteiger partial charge on any atom is 0.185 e. The summed E-state index contributed by atoms with van der Waals surface area (Å²) < 4.78 is 17.0. The molecule has 4 atom stereocenters. The number of imidazole rings is 1. The number of phenolic OH excluding ortho intramolecular Hbond substituents is 1. The Kier molecular flexibility index (Phi) is 4.38. The van der Waals surface area contributed by atoms with Gasteiger partial charge in [0, 0.05) is 37.1 Å². The predicted octanol–water partition coefficient (Wildman–Crippen LogP) is 2.41. The molecule has 0 unspecified atom stereocenters. The minimum absolute atomic E-state index is 0.0553. The second-order valence-corrected chi connectivity index (χ2v) is 8.67. The molecule has 1 aromatic carbocycles. The molecule has 0 amide bonds. The highest BCUT2D eigenvalue weighted by atomic mass is 19.1. The fourth-order valence-corrected chi connectivity index (χ4v) is 5.26. The van der Waals surface area contributed by atoms with Gasteiger partial charge in [-0.2, -0.15) is 0 Å². The fraction of sp³-hybridized carbons (Fsp3) is 0.455. The molecule has 8 nitrogen and oxygen atoms in total. The molecule has 2 fully saturated rings. The van der Waals surface area contributed by atoms with Gasteiger partial charge in [0.2, 0.25) is 0 Å². The number of hydrogen-bond donors (Lipinski definition) is 2. The summed E-state index contributed by atoms with van der Waals surface area (Å²) >= 11 is 0. The zero-order valence-corrected chi connectivity index (χ0v) is 17.0. The molecule has 3 aliphatic rings. The lowest BCUT2D eigenvalue weighted by molar-refractivity contribution is 0.171. The maximum absolute atomic E-state index is 15.2. The van der Waals surface area contributed by atoms with E-state index in [9.17, 15) is 5.11 Å². The minimum Gasteiger partial charge on any atom is -0.507 e. The van der Waals surface area contributed by atoms with Crippen molar-refractivity contribution < 1.29 is 9.50 Å². The highest BCUT2D eigenvalue weighted by Gasteiger charge is 2.45. The summed E-state index contributed by atoms with van der Waals surface area (Å²) in [6, 6.07) is 5.48. The Bertz CT molecular complexity index is 1110. The van der Waals surface area contributed by atoms with E-state index in [-0.39, 0.29) is 17.8 Å². The number of phenols is 1. The Labute approximate surface area is 179 Å². The number of nitrogens with one attached hydrogen (secondary N) is 1. The average Bonchev–Trinajstić information content (AvgIpc) is 3.46. The Morgan fingerprint density at radius 1 is 1.19 bits per heavy atom. The zero-order valence-electron chi connectivity index (χ0n) is 17.0. The number of aryl methyl sites for hydroxylation is 1. The van der Waals surface area contributed by atoms with E-state index in [1.165, 1.54) is 0 Å². The third kappa shape index (κ3) is 3.15. The lowest BCUT2D eigenvalue weighted by Crippen LogP contribution is -2.57. The van der Waals surface area contributed by atoms with Gasteiger partial charge in [0.15, 0.2) is 11.6 Å². The third-order valence-corrected chi connectivity index (χ3v) is 6.80. The highest BCUT2D eigenvalue weighted by molar-refractivity contribution is 5.66. The summed E-state index contributed by atoms with van der Waals surface area (Å²) in [6.45, 7) is 0.776. The van der Waals surface area contributed by atoms with E-state index >= 15 is 4.39 Å². The second-order valence-electron chi connectivity index (χ2n) is 8.67. The normalized spacial score (nSPS) is 27.3. The SMILES string of the molecule is Oc1cc(-n2ccnc2)ccc1-c1nnc2c(n1)CCCN2[C@H]1C[C@@H]2CC[C@@H](N2)[C@H]1F. The molecular formula is C22H24FN7O. The fourth-order valence-electron chi connectivity index (χ4n) is 5.26. The first-order valence-electron chi connectivity index (χ1n) is 10.9. The van der Waals surface area contributed by atoms with Crippen LogP contribution in [0, 0.1) is 0 Å². The van der Waals surface area contributed by atoms with Gasteiger partial charge in [-0.3, -0.25) is 0 Å². The van der Waals surface area contributed by atoms with E-state index in [0.29, 0.717) is 23.2 Å². The van der Waals surface area contributed by atoms with Gasteiger partial charge in [-0.1, -0.05) is 0 Å². The molecular weight excluding hydrogens is 397 g/mol. The molecule has 0 saturated carbocycles. The van der Waals surface area contributed by atoms with Crippen LogP contribution in [0.15, 0.2) is 36.9 Å². The van der Waals surface area contributed by atoms with Gasteiger partial charge in [-0.15, -0.1) is 10.2 Å². The molecule has 6 rings (SSSR count). The predicted molar refractivity (Wildman–Crippen MR) is 113 cm³/mol. The third-order valence-electron chi connectivity index (χ3n) is 6.80. The first kappa shape index (κ1) is 18.7. The van der Waals surface area contributed by atoms with Crippen molar-refractivity contribution in [3.05, 3.63) is 42.6 Å². The summed E-state index contributed by atoms with van der Waals surface area (Å²) in [5.41, 5.74) is 2.15. The van der Waals surface area contributed by atoms with Gasteiger partial charge in [0.05, 0.1) is 29.3 Å². The standard InChI is InChI=1S/C22H24FN7O/c23-20-16-6-3-13(25-16)10-18(20)30-8-1-2-17-22(30)28-27-21(26-17)15-5-4-14(11-19(15)31)29-9-7-24-12-29/h4-5,7,9,11-13,16,18,20,25,31H,1-3,6,8,10H2/t13-,16+,18-,20+/m0/s1. The number of fused-ring (bicyclic) bond motifs is 3. The lowest BCUT2D eigenvalue weighted by atomic mass is 9.94. The van der Waals surface area contributed by atoms with Crippen LogP contribution >= 0.6 is 0 Å². The molecule has 0 aliphatic carbocycles. The van der Waals surface area contributed by atoms with Crippen LogP contribution in [0.1, 0.15) is 31.4 Å². The largest absolute Gasteiger partial charge is 0.507 e. The molecule has 5 heterocycles. The van der Waals surface area contributed by atoms with E-state index < -0.39 is 6.17 Å². The van der Waals surface area contributed by atoms with Crippen LogP contribution in [0.3, 0.4) is 0 Å². The van der Waals surface area contributed by atoms with Gasteiger partial charge in [0.1, 0.15) is 11.9 Å². The molecule has 31 heavy (non-hydrogen) atoms. The molecule has 0 spiro atoms. The first-order chi connectivity index (χ1) is 15.2. The molecule has 9 heteroatoms. The molecule has 160 valence electrons. The Hall–Kier alpha value is -3.07. The number of halogens is 1. The monoisotopic (exact) mass is 421 g/mol. The molecule has 2 aromatic heterocycles. The van der Waals surface area contributed by atoms with E-state index in [0.717, 1.165) is 50.0 Å². The van der Waals surface area contributed by atoms with E-state index in [1.807, 2.05) is 16.8 Å². The van der Waals surface area contributed by atoms with E-state index in [4.69, 9.17) is 4.98 Å². The number of alkyl halides is 1. The smallest absolute Gasteiger partial charge is 0.185 e. The molecule has 2 N–H and O–H groups in total. The van der Waals surface area contributed by atoms with Crippen molar-refractivity contribution in [3.63, 3.8) is 0 Å². The lowest BCUT2D eigenvalue weighted by Gasteiger charge is -2.42. The van der Waals surface area contributed by atoms with Crippen LogP contribution in [0.5, 0.6) is 5.75 Å². The molecule has 0 radical (unpaired) electrons. The van der Waals surface area contributed by atoms with Crippen molar-refractivity contribution in [1.29, 1.82) is 0 Å². The molecule has 2 saturated heterocycles. The Morgan fingerprint density at radius 2 is 2.13 bits per heavy atom. The molecule has 3 aromatic rings. The highest BCUT2D eigenvalue weighted by Crippen LogP contribution is 2.37. The Morgan fingerprint density at radius 3 is 2.97 bits per heavy atom. The van der Waals surface area contributed by atoms with Crippen LogP contribution in [-0.2, 0) is 6.42 Å². The van der Waals surface area contributed by atoms with Crippen molar-refractivity contribution in [3.8, 4) is 22.8 Å². The zero-order chi connectivity index (χ0) is 20.9. The number of rotatable bonds is 3. The number of nitrogens with zero attached hydrogens (tertiary/aromatic N) is 6. The van der Waals surface area contributed by atoms with Crippen LogP contribution in [0.25, 0.3) is 17.1 Å². The topological polar surface area (TPSA) is 92.0 Å². The van der Waals surface area contributed by atoms with Crippen molar-refractivity contribution in [1.82, 2.24) is 30.0 Å². The number of aromatic nitrogens is 5. The summed E-state index contributed by atoms with van der Waals surface area (Å²) in [5, 5.41) is 22.8. The van der Waals surface area contributed by atoms with Crippen LogP contribution < -0.4 is 10.2 Å². The maximum atomic E-state index is 15.2. The van der Waals surface area contributed by atoms with Gasteiger partial charge < -0.3 is 19.9 Å². The average molecular weight is 421 g/mol. The van der Waals surface area contributed by atoms with Crippen LogP contribution in [-0.4, -0.2) is 60.7 Å². The number of piperidine rings is 1. The quantitative estimate of drug-likeness (QED) is 0.671. The van der Waals surface area contributed by atoms with Gasteiger partial charge in [0.25, 0.3) is 0 Å².